The molecule has 12 heteroatoms. The van der Waals surface area contributed by atoms with Crippen LogP contribution in [0.1, 0.15) is 31.7 Å². The fourth-order valence-corrected chi connectivity index (χ4v) is 5.02. The van der Waals surface area contributed by atoms with E-state index in [4.69, 9.17) is 9.47 Å². The second-order valence-corrected chi connectivity index (χ2v) is 8.98. The van der Waals surface area contributed by atoms with Crippen LogP contribution in [-0.4, -0.2) is 76.8 Å². The van der Waals surface area contributed by atoms with Crippen molar-refractivity contribution in [2.75, 3.05) is 20.4 Å². The van der Waals surface area contributed by atoms with Gasteiger partial charge < -0.3 is 24.0 Å². The van der Waals surface area contributed by atoms with Gasteiger partial charge in [0.25, 0.3) is 0 Å². The quantitative estimate of drug-likeness (QED) is 0.417. The zero-order chi connectivity index (χ0) is 24.0. The number of rotatable bonds is 6. The minimum atomic E-state index is -0.823. The first-order chi connectivity index (χ1) is 17.1. The standard InChI is InChI=1S/C23H24N8O4/c1-34-14-35-19-11-17(31-9-6-25-28-31)13-24-20(19)18-10-15-2-7-29(21(15)27-26-18)16-3-8-30(22(32)33)23(12-16)4-5-23/h2,6-7,9-11,13,16H,3-5,8,12,14H2,1H3,(H,32,33)/t16-/m1/s1. The number of ether oxygens (including phenoxy) is 2. The van der Waals surface area contributed by atoms with Crippen molar-refractivity contribution >= 4 is 17.1 Å². The largest absolute Gasteiger partial charge is 0.465 e. The number of hydrogen-bond donors (Lipinski definition) is 1. The van der Waals surface area contributed by atoms with Crippen LogP contribution in [0.2, 0.25) is 0 Å². The number of likely N-dealkylation sites (tertiary alicyclic amines) is 1. The number of fused-ring (bicyclic) bond motifs is 1. The van der Waals surface area contributed by atoms with Gasteiger partial charge in [0.15, 0.2) is 18.2 Å². The molecule has 0 unspecified atom stereocenters. The Morgan fingerprint density at radius 2 is 2.14 bits per heavy atom. The van der Waals surface area contributed by atoms with Gasteiger partial charge in [-0.3, -0.25) is 0 Å². The van der Waals surface area contributed by atoms with Crippen LogP contribution >= 0.6 is 0 Å². The summed E-state index contributed by atoms with van der Waals surface area (Å²) in [7, 11) is 1.55. The van der Waals surface area contributed by atoms with E-state index >= 15 is 0 Å². The number of hydrogen-bond acceptors (Lipinski definition) is 8. The van der Waals surface area contributed by atoms with Crippen molar-refractivity contribution in [3.63, 3.8) is 0 Å². The average Bonchev–Trinajstić information content (AvgIpc) is 3.27. The lowest BCUT2D eigenvalue weighted by Crippen LogP contribution is -2.47. The molecule has 180 valence electrons. The Morgan fingerprint density at radius 1 is 1.26 bits per heavy atom. The Hall–Kier alpha value is -4.06. The SMILES string of the molecule is COCOc1cc(-n2ccnn2)cnc1-c1cc2ccn([C@@H]3CCN(C(=O)O)C4(CC4)C3)c2nn1. The summed E-state index contributed by atoms with van der Waals surface area (Å²) >= 11 is 0. The molecule has 1 saturated carbocycles. The van der Waals surface area contributed by atoms with Crippen molar-refractivity contribution in [3.05, 3.63) is 43.0 Å². The van der Waals surface area contributed by atoms with Gasteiger partial charge in [0.05, 0.1) is 24.3 Å². The second kappa shape index (κ2) is 8.31. The molecule has 1 atom stereocenters. The molecule has 1 aliphatic carbocycles. The molecule has 1 amide bonds. The zero-order valence-electron chi connectivity index (χ0n) is 19.1. The molecule has 5 heterocycles. The summed E-state index contributed by atoms with van der Waals surface area (Å²) in [5.74, 6) is 0.490. The van der Waals surface area contributed by atoms with Gasteiger partial charge in [0, 0.05) is 42.9 Å². The van der Waals surface area contributed by atoms with Crippen LogP contribution in [0.25, 0.3) is 28.1 Å². The number of pyridine rings is 1. The van der Waals surface area contributed by atoms with Crippen LogP contribution in [0, 0.1) is 0 Å². The Bertz CT molecular complexity index is 1380. The molecule has 2 aliphatic rings. The summed E-state index contributed by atoms with van der Waals surface area (Å²) in [6.45, 7) is 0.589. The van der Waals surface area contributed by atoms with Crippen molar-refractivity contribution in [3.8, 4) is 22.8 Å². The van der Waals surface area contributed by atoms with Gasteiger partial charge in [-0.1, -0.05) is 5.21 Å². The van der Waals surface area contributed by atoms with Crippen LogP contribution in [0.5, 0.6) is 5.75 Å². The average molecular weight is 476 g/mol. The maximum absolute atomic E-state index is 11.6. The third kappa shape index (κ3) is 3.75. The third-order valence-corrected chi connectivity index (χ3v) is 6.89. The molecule has 0 radical (unpaired) electrons. The molecule has 0 aromatic carbocycles. The lowest BCUT2D eigenvalue weighted by Gasteiger charge is -2.39. The van der Waals surface area contributed by atoms with Crippen LogP contribution in [0.15, 0.2) is 43.0 Å². The van der Waals surface area contributed by atoms with Gasteiger partial charge >= 0.3 is 6.09 Å². The van der Waals surface area contributed by atoms with Crippen molar-refractivity contribution in [2.45, 2.75) is 37.3 Å². The fraction of sp³-hybridized carbons (Fsp3) is 0.391. The Kier molecular flexibility index (Phi) is 5.10. The number of amides is 1. The van der Waals surface area contributed by atoms with Crippen LogP contribution in [-0.2, 0) is 4.74 Å². The Balaban J connectivity index is 1.32. The highest BCUT2D eigenvalue weighted by Crippen LogP contribution is 2.51. The van der Waals surface area contributed by atoms with Gasteiger partial charge in [-0.15, -0.1) is 15.3 Å². The predicted octanol–water partition coefficient (Wildman–Crippen LogP) is 2.90. The summed E-state index contributed by atoms with van der Waals surface area (Å²) in [5, 5.41) is 27.3. The topological polar surface area (TPSA) is 133 Å². The van der Waals surface area contributed by atoms with Gasteiger partial charge in [0.1, 0.15) is 11.4 Å². The highest BCUT2D eigenvalue weighted by atomic mass is 16.7. The van der Waals surface area contributed by atoms with E-state index in [1.54, 1.807) is 41.3 Å². The van der Waals surface area contributed by atoms with Crippen LogP contribution < -0.4 is 4.74 Å². The number of methoxy groups -OCH3 is 1. The molecule has 0 bridgehead atoms. The van der Waals surface area contributed by atoms with E-state index in [0.717, 1.165) is 36.7 Å². The number of aromatic nitrogens is 7. The Labute approximate surface area is 200 Å². The number of carbonyl (C=O) groups is 1. The van der Waals surface area contributed by atoms with Crippen molar-refractivity contribution in [2.24, 2.45) is 0 Å². The first-order valence-corrected chi connectivity index (χ1v) is 11.4. The molecular formula is C23H24N8O4. The van der Waals surface area contributed by atoms with Crippen molar-refractivity contribution < 1.29 is 19.4 Å². The zero-order valence-corrected chi connectivity index (χ0v) is 19.1. The fourth-order valence-electron chi connectivity index (χ4n) is 5.02. The highest BCUT2D eigenvalue weighted by Gasteiger charge is 2.54. The van der Waals surface area contributed by atoms with E-state index in [9.17, 15) is 9.90 Å². The molecule has 35 heavy (non-hydrogen) atoms. The van der Waals surface area contributed by atoms with Crippen molar-refractivity contribution in [1.29, 1.82) is 0 Å². The Morgan fingerprint density at radius 3 is 2.89 bits per heavy atom. The second-order valence-electron chi connectivity index (χ2n) is 8.98. The molecule has 1 N–H and O–H groups in total. The number of nitrogens with zero attached hydrogens (tertiary/aromatic N) is 8. The summed E-state index contributed by atoms with van der Waals surface area (Å²) in [5.41, 5.74) is 2.36. The lowest BCUT2D eigenvalue weighted by atomic mass is 9.95. The maximum Gasteiger partial charge on any atom is 0.407 e. The summed E-state index contributed by atoms with van der Waals surface area (Å²) in [4.78, 5) is 17.8. The maximum atomic E-state index is 11.6. The predicted molar refractivity (Wildman–Crippen MR) is 123 cm³/mol. The first-order valence-electron chi connectivity index (χ1n) is 11.4. The molecule has 4 aromatic rings. The van der Waals surface area contributed by atoms with E-state index in [0.29, 0.717) is 29.4 Å². The minimum Gasteiger partial charge on any atom is -0.465 e. The monoisotopic (exact) mass is 476 g/mol. The molecule has 1 spiro atoms. The smallest absolute Gasteiger partial charge is 0.407 e. The molecular weight excluding hydrogens is 452 g/mol. The minimum absolute atomic E-state index is 0.0539. The van der Waals surface area contributed by atoms with Crippen molar-refractivity contribution in [1.82, 2.24) is 39.6 Å². The van der Waals surface area contributed by atoms with E-state index < -0.39 is 6.09 Å². The van der Waals surface area contributed by atoms with Gasteiger partial charge in [-0.2, -0.15) is 0 Å². The normalized spacial score (nSPS) is 18.8. The summed E-state index contributed by atoms with van der Waals surface area (Å²) < 4.78 is 14.6. The molecule has 2 fully saturated rings. The van der Waals surface area contributed by atoms with E-state index in [1.807, 2.05) is 18.3 Å². The van der Waals surface area contributed by atoms with Crippen LogP contribution in [0.3, 0.4) is 0 Å². The third-order valence-electron chi connectivity index (χ3n) is 6.89. The number of carboxylic acid groups (broad SMARTS) is 1. The van der Waals surface area contributed by atoms with E-state index in [2.05, 4.69) is 30.1 Å². The van der Waals surface area contributed by atoms with Gasteiger partial charge in [-0.25, -0.2) is 14.5 Å². The first kappa shape index (κ1) is 21.5. The molecule has 1 aliphatic heterocycles. The molecule has 4 aromatic heterocycles. The van der Waals surface area contributed by atoms with Gasteiger partial charge in [-0.05, 0) is 37.8 Å². The van der Waals surface area contributed by atoms with Crippen LogP contribution in [0.4, 0.5) is 4.79 Å². The van der Waals surface area contributed by atoms with E-state index in [-0.39, 0.29) is 18.4 Å². The van der Waals surface area contributed by atoms with Gasteiger partial charge in [0.2, 0.25) is 0 Å². The summed E-state index contributed by atoms with van der Waals surface area (Å²) in [6, 6.07) is 5.94. The molecule has 1 saturated heterocycles. The highest BCUT2D eigenvalue weighted by molar-refractivity contribution is 5.80. The lowest BCUT2D eigenvalue weighted by molar-refractivity contribution is 0.0513. The van der Waals surface area contributed by atoms with E-state index in [1.165, 1.54) is 0 Å². The number of piperidine rings is 1. The molecule has 6 rings (SSSR count). The molecule has 12 nitrogen and oxygen atoms in total. The summed E-state index contributed by atoms with van der Waals surface area (Å²) in [6.07, 6.45) is 9.57.